The molecule has 0 radical (unpaired) electrons. The average Bonchev–Trinajstić information content (AvgIpc) is 3.25. The zero-order chi connectivity index (χ0) is 16.4. The topological polar surface area (TPSA) is 46.9 Å². The lowest BCUT2D eigenvalue weighted by Crippen LogP contribution is -2.35. The molecule has 1 aromatic carbocycles. The van der Waals surface area contributed by atoms with Gasteiger partial charge in [0, 0.05) is 23.3 Å². The van der Waals surface area contributed by atoms with Crippen LogP contribution in [0.3, 0.4) is 0 Å². The van der Waals surface area contributed by atoms with Crippen molar-refractivity contribution in [3.63, 3.8) is 0 Å². The molecule has 1 aliphatic carbocycles. The Morgan fingerprint density at radius 1 is 1.35 bits per heavy atom. The number of benzene rings is 1. The van der Waals surface area contributed by atoms with E-state index in [9.17, 15) is 4.79 Å². The minimum absolute atomic E-state index is 0.156. The molecule has 1 fully saturated rings. The van der Waals surface area contributed by atoms with Gasteiger partial charge in [0.15, 0.2) is 0 Å². The number of rotatable bonds is 6. The number of nitrogens with one attached hydrogen (secondary N) is 1. The first kappa shape index (κ1) is 16.2. The molecule has 0 saturated heterocycles. The van der Waals surface area contributed by atoms with Gasteiger partial charge in [-0.1, -0.05) is 28.1 Å². The molecular weight excluding hydrogens is 354 g/mol. The summed E-state index contributed by atoms with van der Waals surface area (Å²) in [6, 6.07) is 10.2. The summed E-state index contributed by atoms with van der Waals surface area (Å²) in [6.45, 7) is 5.59. The van der Waals surface area contributed by atoms with Gasteiger partial charge in [-0.25, -0.2) is 0 Å². The number of hydrogen-bond acceptors (Lipinski definition) is 2. The molecule has 0 unspecified atom stereocenters. The van der Waals surface area contributed by atoms with Crippen LogP contribution >= 0.6 is 15.9 Å². The van der Waals surface area contributed by atoms with Crippen LogP contribution in [0.4, 0.5) is 0 Å². The normalized spacial score (nSPS) is 15.4. The highest BCUT2D eigenvalue weighted by molar-refractivity contribution is 9.10. The van der Waals surface area contributed by atoms with Crippen molar-refractivity contribution in [1.29, 1.82) is 0 Å². The van der Waals surface area contributed by atoms with Gasteiger partial charge in [-0.3, -0.25) is 9.48 Å². The SMILES string of the molecule is Cc1cc(C)n(CCCNC(=O)C2(c3cccc(Br)c3)CC2)n1. The number of hydrogen-bond donors (Lipinski definition) is 1. The predicted molar refractivity (Wildman–Crippen MR) is 94.4 cm³/mol. The van der Waals surface area contributed by atoms with E-state index in [-0.39, 0.29) is 11.3 Å². The highest BCUT2D eigenvalue weighted by atomic mass is 79.9. The van der Waals surface area contributed by atoms with E-state index in [1.165, 1.54) is 5.69 Å². The molecule has 1 aliphatic rings. The first-order chi connectivity index (χ1) is 11.0. The zero-order valence-corrected chi connectivity index (χ0v) is 15.2. The minimum atomic E-state index is -0.304. The summed E-state index contributed by atoms with van der Waals surface area (Å²) in [7, 11) is 0. The summed E-state index contributed by atoms with van der Waals surface area (Å²) < 4.78 is 3.03. The van der Waals surface area contributed by atoms with E-state index in [2.05, 4.69) is 45.4 Å². The second-order valence-corrected chi connectivity index (χ2v) is 7.27. The van der Waals surface area contributed by atoms with E-state index in [4.69, 9.17) is 0 Å². The Morgan fingerprint density at radius 2 is 2.13 bits per heavy atom. The van der Waals surface area contributed by atoms with Crippen LogP contribution in [0.5, 0.6) is 0 Å². The third-order valence-corrected chi connectivity index (χ3v) is 4.99. The molecule has 1 amide bonds. The number of nitrogens with zero attached hydrogens (tertiary/aromatic N) is 2. The monoisotopic (exact) mass is 375 g/mol. The Balaban J connectivity index is 1.53. The van der Waals surface area contributed by atoms with Crippen molar-refractivity contribution >= 4 is 21.8 Å². The van der Waals surface area contributed by atoms with Gasteiger partial charge in [0.2, 0.25) is 5.91 Å². The van der Waals surface area contributed by atoms with Gasteiger partial charge in [0.05, 0.1) is 11.1 Å². The van der Waals surface area contributed by atoms with E-state index < -0.39 is 0 Å². The largest absolute Gasteiger partial charge is 0.355 e. The fourth-order valence-electron chi connectivity index (χ4n) is 3.06. The number of aromatic nitrogens is 2. The fourth-order valence-corrected chi connectivity index (χ4v) is 3.46. The summed E-state index contributed by atoms with van der Waals surface area (Å²) in [5.74, 6) is 0.156. The van der Waals surface area contributed by atoms with Crippen LogP contribution in [0.25, 0.3) is 0 Å². The molecule has 5 heteroatoms. The number of carbonyl (C=O) groups is 1. The molecular formula is C18H22BrN3O. The molecule has 1 N–H and O–H groups in total. The molecule has 4 nitrogen and oxygen atoms in total. The number of amides is 1. The Bertz CT molecular complexity index is 719. The summed E-state index contributed by atoms with van der Waals surface area (Å²) in [5, 5.41) is 7.55. The van der Waals surface area contributed by atoms with Crippen LogP contribution in [-0.4, -0.2) is 22.2 Å². The second-order valence-electron chi connectivity index (χ2n) is 6.35. The first-order valence-electron chi connectivity index (χ1n) is 8.07. The molecule has 1 aromatic heterocycles. The predicted octanol–water partition coefficient (Wildman–Crippen LogP) is 3.50. The lowest BCUT2D eigenvalue weighted by Gasteiger charge is -2.16. The summed E-state index contributed by atoms with van der Waals surface area (Å²) in [4.78, 5) is 12.6. The maximum absolute atomic E-state index is 12.6. The quantitative estimate of drug-likeness (QED) is 0.785. The number of carbonyl (C=O) groups excluding carboxylic acids is 1. The smallest absolute Gasteiger partial charge is 0.230 e. The molecule has 1 heterocycles. The Hall–Kier alpha value is -1.62. The fraction of sp³-hybridized carbons (Fsp3) is 0.444. The maximum Gasteiger partial charge on any atom is 0.230 e. The van der Waals surface area contributed by atoms with E-state index in [1.807, 2.05) is 29.8 Å². The Labute approximate surface area is 145 Å². The molecule has 0 aliphatic heterocycles. The summed E-state index contributed by atoms with van der Waals surface area (Å²) >= 11 is 3.49. The second kappa shape index (κ2) is 6.48. The average molecular weight is 376 g/mol. The van der Waals surface area contributed by atoms with Crippen molar-refractivity contribution in [2.75, 3.05) is 6.54 Å². The third kappa shape index (κ3) is 3.50. The van der Waals surface area contributed by atoms with Gasteiger partial charge in [-0.05, 0) is 56.9 Å². The van der Waals surface area contributed by atoms with E-state index in [0.29, 0.717) is 6.54 Å². The van der Waals surface area contributed by atoms with Crippen LogP contribution in [0.2, 0.25) is 0 Å². The standard InChI is InChI=1S/C18H22BrN3O/c1-13-11-14(2)22(21-13)10-4-9-20-17(23)18(7-8-18)15-5-3-6-16(19)12-15/h3,5-6,11-12H,4,7-10H2,1-2H3,(H,20,23). The van der Waals surface area contributed by atoms with Crippen LogP contribution < -0.4 is 5.32 Å². The van der Waals surface area contributed by atoms with E-state index >= 15 is 0 Å². The van der Waals surface area contributed by atoms with Gasteiger partial charge in [-0.15, -0.1) is 0 Å². The molecule has 0 bridgehead atoms. The first-order valence-corrected chi connectivity index (χ1v) is 8.86. The Morgan fingerprint density at radius 3 is 2.74 bits per heavy atom. The van der Waals surface area contributed by atoms with Gasteiger partial charge in [0.1, 0.15) is 0 Å². The molecule has 0 atom stereocenters. The highest BCUT2D eigenvalue weighted by Gasteiger charge is 2.51. The summed E-state index contributed by atoms with van der Waals surface area (Å²) in [6.07, 6.45) is 2.77. The van der Waals surface area contributed by atoms with Gasteiger partial charge in [0.25, 0.3) is 0 Å². The lowest BCUT2D eigenvalue weighted by atomic mass is 9.95. The van der Waals surface area contributed by atoms with Crippen molar-refractivity contribution in [2.24, 2.45) is 0 Å². The zero-order valence-electron chi connectivity index (χ0n) is 13.6. The van der Waals surface area contributed by atoms with E-state index in [1.54, 1.807) is 0 Å². The highest BCUT2D eigenvalue weighted by Crippen LogP contribution is 2.48. The van der Waals surface area contributed by atoms with Gasteiger partial charge in [-0.2, -0.15) is 5.10 Å². The van der Waals surface area contributed by atoms with Crippen LogP contribution in [0.1, 0.15) is 36.2 Å². The molecule has 0 spiro atoms. The van der Waals surface area contributed by atoms with Crippen molar-refractivity contribution < 1.29 is 4.79 Å². The maximum atomic E-state index is 12.6. The van der Waals surface area contributed by atoms with E-state index in [0.717, 1.165) is 41.5 Å². The molecule has 1 saturated carbocycles. The van der Waals surface area contributed by atoms with Crippen LogP contribution in [0, 0.1) is 13.8 Å². The molecule has 23 heavy (non-hydrogen) atoms. The molecule has 3 rings (SSSR count). The molecule has 122 valence electrons. The van der Waals surface area contributed by atoms with Crippen molar-refractivity contribution in [1.82, 2.24) is 15.1 Å². The number of aryl methyl sites for hydroxylation is 3. The minimum Gasteiger partial charge on any atom is -0.355 e. The van der Waals surface area contributed by atoms with Crippen molar-refractivity contribution in [3.05, 3.63) is 51.8 Å². The lowest BCUT2D eigenvalue weighted by molar-refractivity contribution is -0.123. The van der Waals surface area contributed by atoms with Crippen LogP contribution in [-0.2, 0) is 16.8 Å². The molecule has 2 aromatic rings. The van der Waals surface area contributed by atoms with Crippen molar-refractivity contribution in [2.45, 2.75) is 45.1 Å². The third-order valence-electron chi connectivity index (χ3n) is 4.50. The van der Waals surface area contributed by atoms with Crippen LogP contribution in [0.15, 0.2) is 34.8 Å². The summed E-state index contributed by atoms with van der Waals surface area (Å²) in [5.41, 5.74) is 3.02. The van der Waals surface area contributed by atoms with Gasteiger partial charge < -0.3 is 5.32 Å². The van der Waals surface area contributed by atoms with Gasteiger partial charge >= 0.3 is 0 Å². The van der Waals surface area contributed by atoms with Crippen molar-refractivity contribution in [3.8, 4) is 0 Å². The Kier molecular flexibility index (Phi) is 4.57. The number of halogens is 1.